The van der Waals surface area contributed by atoms with E-state index in [4.69, 9.17) is 0 Å². The Bertz CT molecular complexity index is 264. The third kappa shape index (κ3) is 2.07. The van der Waals surface area contributed by atoms with E-state index in [1.165, 1.54) is 0 Å². The Kier molecular flexibility index (Phi) is 2.82. The average molecular weight is 165 g/mol. The highest BCUT2D eigenvalue weighted by Crippen LogP contribution is 2.04. The molecule has 0 atom stereocenters. The summed E-state index contributed by atoms with van der Waals surface area (Å²) in [6, 6.07) is 6.85. The maximum absolute atomic E-state index is 10.9. The molecule has 0 saturated carbocycles. The lowest BCUT2D eigenvalue weighted by molar-refractivity contribution is -0.0215. The lowest BCUT2D eigenvalue weighted by Crippen LogP contribution is -2.04. The second-order valence-corrected chi connectivity index (χ2v) is 2.42. The van der Waals surface area contributed by atoms with Crippen LogP contribution in [0.5, 0.6) is 0 Å². The highest BCUT2D eigenvalue weighted by molar-refractivity contribution is 5.89. The van der Waals surface area contributed by atoms with Crippen LogP contribution in [0.3, 0.4) is 0 Å². The molecular formula is C9H9O3. The normalized spacial score (nSPS) is 9.50. The maximum atomic E-state index is 10.9. The molecule has 63 valence electrons. The molecule has 0 aromatic heterocycles. The Balaban J connectivity index is 2.75. The fraction of sp³-hybridized carbons (Fsp3) is 0.222. The molecule has 0 bridgehead atoms. The van der Waals surface area contributed by atoms with Gasteiger partial charge in [-0.25, -0.2) is 4.79 Å². The largest absolute Gasteiger partial charge is 0.432 e. The van der Waals surface area contributed by atoms with Crippen molar-refractivity contribution < 1.29 is 14.6 Å². The van der Waals surface area contributed by atoms with Crippen molar-refractivity contribution >= 4 is 5.97 Å². The minimum Gasteiger partial charge on any atom is -0.432 e. The number of benzene rings is 1. The number of carbonyl (C=O) groups is 1. The van der Waals surface area contributed by atoms with Crippen molar-refractivity contribution in [2.75, 3.05) is 6.79 Å². The van der Waals surface area contributed by atoms with Crippen molar-refractivity contribution in [2.45, 2.75) is 6.92 Å². The summed E-state index contributed by atoms with van der Waals surface area (Å²) in [4.78, 5) is 10.9. The summed E-state index contributed by atoms with van der Waals surface area (Å²) < 4.78 is 4.27. The van der Waals surface area contributed by atoms with Gasteiger partial charge in [-0.2, -0.15) is 5.11 Å². The van der Waals surface area contributed by atoms with Crippen LogP contribution in [0.25, 0.3) is 0 Å². The van der Waals surface area contributed by atoms with Gasteiger partial charge in [0.2, 0.25) is 6.79 Å². The lowest BCUT2D eigenvalue weighted by atomic mass is 10.2. The van der Waals surface area contributed by atoms with E-state index in [9.17, 15) is 9.90 Å². The molecular weight excluding hydrogens is 156 g/mol. The van der Waals surface area contributed by atoms with Gasteiger partial charge >= 0.3 is 5.97 Å². The molecule has 0 spiro atoms. The first-order chi connectivity index (χ1) is 5.74. The van der Waals surface area contributed by atoms with Gasteiger partial charge in [-0.05, 0) is 19.1 Å². The molecule has 1 aromatic rings. The quantitative estimate of drug-likeness (QED) is 0.493. The molecule has 0 fully saturated rings. The van der Waals surface area contributed by atoms with Crippen molar-refractivity contribution in [2.24, 2.45) is 0 Å². The number of ether oxygens (including phenoxy) is 1. The average Bonchev–Trinajstić information content (AvgIpc) is 2.06. The monoisotopic (exact) mass is 165 g/mol. The van der Waals surface area contributed by atoms with Gasteiger partial charge in [0, 0.05) is 0 Å². The molecule has 0 unspecified atom stereocenters. The number of esters is 1. The zero-order chi connectivity index (χ0) is 8.97. The number of aryl methyl sites for hydroxylation is 1. The summed E-state index contributed by atoms with van der Waals surface area (Å²) in [5.74, 6) is -0.565. The SMILES string of the molecule is Cc1ccc(C(=O)OC[O])cc1. The van der Waals surface area contributed by atoms with Crippen LogP contribution in [-0.2, 0) is 9.84 Å². The van der Waals surface area contributed by atoms with Crippen molar-refractivity contribution in [1.29, 1.82) is 0 Å². The summed E-state index contributed by atoms with van der Waals surface area (Å²) in [7, 11) is 0. The zero-order valence-electron chi connectivity index (χ0n) is 6.74. The number of hydrogen-bond donors (Lipinski definition) is 0. The Morgan fingerprint density at radius 3 is 2.42 bits per heavy atom. The summed E-state index contributed by atoms with van der Waals surface area (Å²) in [6.07, 6.45) is 0. The first-order valence-corrected chi connectivity index (χ1v) is 3.56. The van der Waals surface area contributed by atoms with Crippen LogP contribution in [0.2, 0.25) is 0 Å². The molecule has 3 heteroatoms. The van der Waals surface area contributed by atoms with Crippen molar-refractivity contribution in [1.82, 2.24) is 0 Å². The summed E-state index contributed by atoms with van der Waals surface area (Å²) in [5.41, 5.74) is 1.48. The van der Waals surface area contributed by atoms with E-state index >= 15 is 0 Å². The molecule has 0 aliphatic carbocycles. The van der Waals surface area contributed by atoms with Crippen LogP contribution < -0.4 is 0 Å². The van der Waals surface area contributed by atoms with E-state index in [2.05, 4.69) is 4.74 Å². The van der Waals surface area contributed by atoms with E-state index in [-0.39, 0.29) is 0 Å². The molecule has 1 aromatic carbocycles. The second-order valence-electron chi connectivity index (χ2n) is 2.42. The summed E-state index contributed by atoms with van der Waals surface area (Å²) in [5, 5.41) is 9.94. The van der Waals surface area contributed by atoms with Crippen LogP contribution in [0.1, 0.15) is 15.9 Å². The molecule has 0 aliphatic heterocycles. The van der Waals surface area contributed by atoms with Crippen LogP contribution in [-0.4, -0.2) is 12.8 Å². The topological polar surface area (TPSA) is 46.2 Å². The van der Waals surface area contributed by atoms with E-state index in [0.29, 0.717) is 5.56 Å². The fourth-order valence-corrected chi connectivity index (χ4v) is 0.826. The lowest BCUT2D eigenvalue weighted by Gasteiger charge is -1.99. The number of carbonyl (C=O) groups excluding carboxylic acids is 1. The maximum Gasteiger partial charge on any atom is 0.340 e. The van der Waals surface area contributed by atoms with Gasteiger partial charge in [0.15, 0.2) is 0 Å². The predicted octanol–water partition coefficient (Wildman–Crippen LogP) is 1.54. The highest BCUT2D eigenvalue weighted by atomic mass is 16.6. The Morgan fingerprint density at radius 2 is 1.92 bits per heavy atom. The minimum absolute atomic E-state index is 0.413. The molecule has 12 heavy (non-hydrogen) atoms. The minimum atomic E-state index is -0.827. The van der Waals surface area contributed by atoms with Gasteiger partial charge in [-0.3, -0.25) is 0 Å². The van der Waals surface area contributed by atoms with E-state index in [0.717, 1.165) is 5.56 Å². The van der Waals surface area contributed by atoms with Gasteiger partial charge in [0.05, 0.1) is 5.56 Å². The molecule has 0 aliphatic rings. The van der Waals surface area contributed by atoms with Gasteiger partial charge in [0.1, 0.15) is 0 Å². The molecule has 0 saturated heterocycles. The number of rotatable bonds is 2. The predicted molar refractivity (Wildman–Crippen MR) is 42.1 cm³/mol. The zero-order valence-corrected chi connectivity index (χ0v) is 6.74. The molecule has 0 N–H and O–H groups in total. The highest BCUT2D eigenvalue weighted by Gasteiger charge is 2.04. The van der Waals surface area contributed by atoms with Gasteiger partial charge < -0.3 is 4.74 Å². The van der Waals surface area contributed by atoms with E-state index in [1.807, 2.05) is 6.92 Å². The molecule has 0 heterocycles. The first-order valence-electron chi connectivity index (χ1n) is 3.56. The summed E-state index contributed by atoms with van der Waals surface area (Å²) in [6.45, 7) is 1.09. The second kappa shape index (κ2) is 3.88. The van der Waals surface area contributed by atoms with E-state index in [1.54, 1.807) is 24.3 Å². The fourth-order valence-electron chi connectivity index (χ4n) is 0.826. The Labute approximate surface area is 70.6 Å². The summed E-state index contributed by atoms with van der Waals surface area (Å²) >= 11 is 0. The standard InChI is InChI=1S/C9H9O3/c1-7-2-4-8(5-3-7)9(11)12-6-10/h2-5H,6H2,1H3. The third-order valence-corrected chi connectivity index (χ3v) is 1.48. The number of hydrogen-bond acceptors (Lipinski definition) is 2. The van der Waals surface area contributed by atoms with Crippen LogP contribution >= 0.6 is 0 Å². The van der Waals surface area contributed by atoms with Crippen molar-refractivity contribution in [3.05, 3.63) is 35.4 Å². The van der Waals surface area contributed by atoms with Gasteiger partial charge in [-0.15, -0.1) is 0 Å². The van der Waals surface area contributed by atoms with Crippen molar-refractivity contribution in [3.63, 3.8) is 0 Å². The molecule has 1 radical (unpaired) electrons. The Hall–Kier alpha value is -1.35. The molecule has 1 rings (SSSR count). The van der Waals surface area contributed by atoms with E-state index < -0.39 is 12.8 Å². The van der Waals surface area contributed by atoms with Gasteiger partial charge in [-0.1, -0.05) is 17.7 Å². The smallest absolute Gasteiger partial charge is 0.340 e. The van der Waals surface area contributed by atoms with Crippen LogP contribution in [0.4, 0.5) is 0 Å². The van der Waals surface area contributed by atoms with Crippen LogP contribution in [0, 0.1) is 6.92 Å². The molecule has 3 nitrogen and oxygen atoms in total. The van der Waals surface area contributed by atoms with Crippen LogP contribution in [0.15, 0.2) is 24.3 Å². The first kappa shape index (κ1) is 8.74. The Morgan fingerprint density at radius 1 is 1.33 bits per heavy atom. The third-order valence-electron chi connectivity index (χ3n) is 1.48. The van der Waals surface area contributed by atoms with Crippen molar-refractivity contribution in [3.8, 4) is 0 Å². The molecule has 0 amide bonds. The van der Waals surface area contributed by atoms with Gasteiger partial charge in [0.25, 0.3) is 0 Å².